The van der Waals surface area contributed by atoms with E-state index in [1.165, 1.54) is 40.6 Å². The van der Waals surface area contributed by atoms with Gasteiger partial charge in [0.15, 0.2) is 5.75 Å². The molecule has 2 aliphatic rings. The fourth-order valence-corrected chi connectivity index (χ4v) is 5.05. The zero-order valence-corrected chi connectivity index (χ0v) is 18.1. The first kappa shape index (κ1) is 19.6. The van der Waals surface area contributed by atoms with Gasteiger partial charge in [-0.3, -0.25) is 5.10 Å². The molecule has 0 atom stereocenters. The molecule has 6 heteroatoms. The smallest absolute Gasteiger partial charge is 0.168 e. The molecule has 4 heterocycles. The van der Waals surface area contributed by atoms with E-state index in [1.807, 2.05) is 6.07 Å². The summed E-state index contributed by atoms with van der Waals surface area (Å²) in [5.74, 6) is 1.37. The summed E-state index contributed by atoms with van der Waals surface area (Å²) in [7, 11) is 0. The van der Waals surface area contributed by atoms with E-state index < -0.39 is 0 Å². The van der Waals surface area contributed by atoms with Crippen molar-refractivity contribution in [3.05, 3.63) is 71.5 Å². The molecule has 1 saturated heterocycles. The maximum atomic E-state index is 5.25. The molecule has 0 radical (unpaired) electrons. The van der Waals surface area contributed by atoms with Crippen LogP contribution in [0.5, 0.6) is 5.75 Å². The van der Waals surface area contributed by atoms with Crippen LogP contribution in [0.3, 0.4) is 0 Å². The van der Waals surface area contributed by atoms with Gasteiger partial charge in [-0.1, -0.05) is 18.2 Å². The lowest BCUT2D eigenvalue weighted by Gasteiger charge is -2.31. The van der Waals surface area contributed by atoms with E-state index in [0.717, 1.165) is 49.5 Å². The Morgan fingerprint density at radius 1 is 1.06 bits per heavy atom. The Balaban J connectivity index is 1.06. The van der Waals surface area contributed by atoms with Crippen molar-refractivity contribution >= 4 is 10.9 Å². The van der Waals surface area contributed by atoms with Crippen LogP contribution >= 0.6 is 0 Å². The van der Waals surface area contributed by atoms with E-state index in [0.29, 0.717) is 12.5 Å². The van der Waals surface area contributed by atoms with Gasteiger partial charge in [-0.25, -0.2) is 0 Å². The number of hydrogen-bond acceptors (Lipinski definition) is 4. The number of rotatable bonds is 5. The summed E-state index contributed by atoms with van der Waals surface area (Å²) in [5.41, 5.74) is 7.23. The molecule has 0 saturated carbocycles. The Kier molecular flexibility index (Phi) is 5.17. The summed E-state index contributed by atoms with van der Waals surface area (Å²) in [6.07, 6.45) is 6.48. The first-order valence-corrected chi connectivity index (χ1v) is 11.6. The Morgan fingerprint density at radius 2 is 1.97 bits per heavy atom. The van der Waals surface area contributed by atoms with Crippen LogP contribution in [0.15, 0.2) is 54.7 Å². The zero-order chi connectivity index (χ0) is 21.3. The van der Waals surface area contributed by atoms with E-state index in [9.17, 15) is 0 Å². The normalized spacial score (nSPS) is 17.4. The molecular weight excluding hydrogens is 400 g/mol. The molecule has 2 N–H and O–H groups in total. The van der Waals surface area contributed by atoms with Crippen LogP contribution in [0, 0.1) is 0 Å². The van der Waals surface area contributed by atoms with Crippen molar-refractivity contribution in [1.82, 2.24) is 20.1 Å². The number of para-hydroxylation sites is 1. The van der Waals surface area contributed by atoms with Crippen molar-refractivity contribution in [3.8, 4) is 17.0 Å². The van der Waals surface area contributed by atoms with Crippen LogP contribution in [0.25, 0.3) is 22.2 Å². The Hall–Kier alpha value is -3.09. The molecule has 1 fully saturated rings. The quantitative estimate of drug-likeness (QED) is 0.446. The zero-order valence-electron chi connectivity index (χ0n) is 18.1. The highest BCUT2D eigenvalue weighted by Gasteiger charge is 2.23. The molecule has 0 unspecified atom stereocenters. The molecule has 0 spiro atoms. The third-order valence-corrected chi connectivity index (χ3v) is 6.96. The fourth-order valence-electron chi connectivity index (χ4n) is 5.05. The molecule has 32 heavy (non-hydrogen) atoms. The van der Waals surface area contributed by atoms with Crippen molar-refractivity contribution in [2.75, 3.05) is 26.2 Å². The van der Waals surface area contributed by atoms with Gasteiger partial charge < -0.3 is 14.8 Å². The number of fused-ring (bicyclic) bond motifs is 2. The number of likely N-dealkylation sites (tertiary alicyclic amines) is 1. The van der Waals surface area contributed by atoms with Gasteiger partial charge >= 0.3 is 0 Å². The molecule has 4 aromatic rings. The molecule has 2 aromatic heterocycles. The number of benzene rings is 2. The highest BCUT2D eigenvalue weighted by atomic mass is 17.2. The van der Waals surface area contributed by atoms with E-state index in [1.54, 1.807) is 0 Å². The molecule has 6 rings (SSSR count). The van der Waals surface area contributed by atoms with E-state index in [4.69, 9.17) is 9.78 Å². The molecule has 0 amide bonds. The SMILES string of the molecule is c1ccc2c(CCN3CCC(c4cc(-c5ccc6c(c5)CCOO6)n[nH]4)CC3)c[nH]c2c1. The Labute approximate surface area is 187 Å². The predicted molar refractivity (Wildman–Crippen MR) is 125 cm³/mol. The minimum atomic E-state index is 0.551. The van der Waals surface area contributed by atoms with E-state index in [-0.39, 0.29) is 0 Å². The standard InChI is InChI=1S/C26H28N4O2/c1-2-4-23-22(3-1)21(17-27-23)9-13-30-11-7-18(8-12-30)24-16-25(29-28-24)19-5-6-26-20(15-19)10-14-31-32-26/h1-6,15-18,27H,7-14H2,(H,28,29). The second kappa shape index (κ2) is 8.45. The van der Waals surface area contributed by atoms with Crippen molar-refractivity contribution in [1.29, 1.82) is 0 Å². The summed E-state index contributed by atoms with van der Waals surface area (Å²) in [5, 5.41) is 9.28. The molecule has 2 aliphatic heterocycles. The molecule has 6 nitrogen and oxygen atoms in total. The summed E-state index contributed by atoms with van der Waals surface area (Å²) < 4.78 is 0. The lowest BCUT2D eigenvalue weighted by atomic mass is 9.92. The van der Waals surface area contributed by atoms with Gasteiger partial charge in [-0.2, -0.15) is 9.99 Å². The summed E-state index contributed by atoms with van der Waals surface area (Å²) >= 11 is 0. The number of H-pyrrole nitrogens is 2. The Bertz CT molecular complexity index is 1220. The molecular formula is C26H28N4O2. The van der Waals surface area contributed by atoms with E-state index >= 15 is 0 Å². The van der Waals surface area contributed by atoms with Crippen LogP contribution in [-0.2, 0) is 17.7 Å². The maximum Gasteiger partial charge on any atom is 0.168 e. The third kappa shape index (κ3) is 3.80. The number of aromatic amines is 2. The highest BCUT2D eigenvalue weighted by Crippen LogP contribution is 2.32. The molecule has 0 bridgehead atoms. The van der Waals surface area contributed by atoms with Gasteiger partial charge in [0.05, 0.1) is 12.3 Å². The number of aromatic nitrogens is 3. The molecule has 0 aliphatic carbocycles. The van der Waals surface area contributed by atoms with Gasteiger partial charge in [0.25, 0.3) is 0 Å². The second-order valence-electron chi connectivity index (χ2n) is 8.91. The largest absolute Gasteiger partial charge is 0.361 e. The fraction of sp³-hybridized carbons (Fsp3) is 0.346. The number of nitrogens with zero attached hydrogens (tertiary/aromatic N) is 2. The highest BCUT2D eigenvalue weighted by molar-refractivity contribution is 5.83. The van der Waals surface area contributed by atoms with Gasteiger partial charge in [0.1, 0.15) is 0 Å². The minimum absolute atomic E-state index is 0.551. The third-order valence-electron chi connectivity index (χ3n) is 6.96. The van der Waals surface area contributed by atoms with Gasteiger partial charge in [-0.05, 0) is 68.2 Å². The molecule has 164 valence electrons. The summed E-state index contributed by atoms with van der Waals surface area (Å²) in [6, 6.07) is 17.0. The van der Waals surface area contributed by atoms with E-state index in [2.05, 4.69) is 68.7 Å². The van der Waals surface area contributed by atoms with Gasteiger partial charge in [0.2, 0.25) is 0 Å². The van der Waals surface area contributed by atoms with Crippen LogP contribution in [0.1, 0.15) is 35.6 Å². The van der Waals surface area contributed by atoms with Gasteiger partial charge in [-0.15, -0.1) is 0 Å². The average Bonchev–Trinajstić information content (AvgIpc) is 3.51. The lowest BCUT2D eigenvalue weighted by molar-refractivity contribution is -0.215. The average molecular weight is 429 g/mol. The van der Waals surface area contributed by atoms with Crippen LogP contribution in [0.2, 0.25) is 0 Å². The monoisotopic (exact) mass is 428 g/mol. The maximum absolute atomic E-state index is 5.25. The van der Waals surface area contributed by atoms with Crippen molar-refractivity contribution in [2.45, 2.75) is 31.6 Å². The Morgan fingerprint density at radius 3 is 2.91 bits per heavy atom. The first-order chi connectivity index (χ1) is 15.8. The number of nitrogens with one attached hydrogen (secondary N) is 2. The van der Waals surface area contributed by atoms with Crippen molar-refractivity contribution in [2.24, 2.45) is 0 Å². The second-order valence-corrected chi connectivity index (χ2v) is 8.91. The predicted octanol–water partition coefficient (Wildman–Crippen LogP) is 4.85. The number of piperidine rings is 1. The van der Waals surface area contributed by atoms with Gasteiger partial charge in [0, 0.05) is 52.8 Å². The van der Waals surface area contributed by atoms with Crippen LogP contribution < -0.4 is 4.89 Å². The number of hydrogen-bond donors (Lipinski definition) is 2. The van der Waals surface area contributed by atoms with Crippen molar-refractivity contribution in [3.63, 3.8) is 0 Å². The summed E-state index contributed by atoms with van der Waals surface area (Å²) in [6.45, 7) is 3.99. The topological polar surface area (TPSA) is 66.2 Å². The van der Waals surface area contributed by atoms with Crippen LogP contribution in [0.4, 0.5) is 0 Å². The minimum Gasteiger partial charge on any atom is -0.361 e. The van der Waals surface area contributed by atoms with Crippen LogP contribution in [-0.4, -0.2) is 46.3 Å². The first-order valence-electron chi connectivity index (χ1n) is 11.6. The molecule has 2 aromatic carbocycles. The van der Waals surface area contributed by atoms with Crippen molar-refractivity contribution < 1.29 is 9.78 Å². The summed E-state index contributed by atoms with van der Waals surface area (Å²) in [4.78, 5) is 16.3. The lowest BCUT2D eigenvalue weighted by Crippen LogP contribution is -2.34.